The van der Waals surface area contributed by atoms with Crippen LogP contribution in [0.5, 0.6) is 5.75 Å². The third-order valence-corrected chi connectivity index (χ3v) is 4.12. The molecule has 1 aliphatic carbocycles. The summed E-state index contributed by atoms with van der Waals surface area (Å²) < 4.78 is 5.26. The number of carbonyl (C=O) groups is 2. The predicted octanol–water partition coefficient (Wildman–Crippen LogP) is 3.19. The summed E-state index contributed by atoms with van der Waals surface area (Å²) in [6.45, 7) is 4.15. The monoisotopic (exact) mass is 378 g/mol. The fraction of sp³-hybridized carbons (Fsp3) is 0.526. The van der Waals surface area contributed by atoms with Crippen molar-refractivity contribution in [3.63, 3.8) is 0 Å². The van der Waals surface area contributed by atoms with Crippen LogP contribution in [0.2, 0.25) is 0 Å². The van der Waals surface area contributed by atoms with Gasteiger partial charge < -0.3 is 9.84 Å². The van der Waals surface area contributed by atoms with Crippen molar-refractivity contribution in [2.75, 3.05) is 6.61 Å². The molecule has 0 heterocycles. The van der Waals surface area contributed by atoms with Crippen LogP contribution in [0.25, 0.3) is 0 Å². The molecule has 0 aromatic heterocycles. The zero-order valence-corrected chi connectivity index (χ0v) is 16.1. The number of hydrogen-bond acceptors (Lipinski definition) is 5. The van der Waals surface area contributed by atoms with Gasteiger partial charge in [-0.2, -0.15) is 17.7 Å². The number of nitrogens with zero attached hydrogens (tertiary/aromatic N) is 1. The Labute approximate surface area is 159 Å². The van der Waals surface area contributed by atoms with Crippen molar-refractivity contribution in [3.05, 3.63) is 29.3 Å². The Morgan fingerprint density at radius 1 is 1.35 bits per heavy atom. The van der Waals surface area contributed by atoms with E-state index < -0.39 is 5.97 Å². The number of benzene rings is 1. The molecule has 0 aliphatic heterocycles. The van der Waals surface area contributed by atoms with E-state index in [1.54, 1.807) is 0 Å². The number of amides is 1. The molecule has 0 fully saturated rings. The van der Waals surface area contributed by atoms with Crippen molar-refractivity contribution in [2.24, 2.45) is 5.10 Å². The fourth-order valence-electron chi connectivity index (χ4n) is 2.82. The molecule has 2 N–H and O–H groups in total. The normalized spacial score (nSPS) is 15.4. The first kappa shape index (κ1) is 20.3. The molecule has 1 aliphatic rings. The van der Waals surface area contributed by atoms with Gasteiger partial charge in [-0.15, -0.1) is 0 Å². The lowest BCUT2D eigenvalue weighted by Crippen LogP contribution is -2.27. The topological polar surface area (TPSA) is 88.0 Å². The van der Waals surface area contributed by atoms with Crippen LogP contribution in [-0.2, 0) is 16.0 Å². The zero-order valence-electron chi connectivity index (χ0n) is 15.2. The highest BCUT2D eigenvalue weighted by Gasteiger charge is 2.19. The second kappa shape index (κ2) is 9.07. The van der Waals surface area contributed by atoms with Crippen LogP contribution in [0.4, 0.5) is 0 Å². The third-order valence-electron chi connectivity index (χ3n) is 3.96. The number of carboxylic acid groups (broad SMARTS) is 1. The van der Waals surface area contributed by atoms with Crippen LogP contribution in [0.3, 0.4) is 0 Å². The largest absolute Gasteiger partial charge is 0.494 e. The maximum Gasteiger partial charge on any atom is 0.303 e. The Bertz CT molecular complexity index is 695. The minimum Gasteiger partial charge on any atom is -0.494 e. The summed E-state index contributed by atoms with van der Waals surface area (Å²) in [5, 5.41) is 13.0. The third kappa shape index (κ3) is 6.71. The molecule has 1 aromatic rings. The average Bonchev–Trinajstić information content (AvgIpc) is 2.55. The van der Waals surface area contributed by atoms with E-state index in [1.807, 2.05) is 32.0 Å². The van der Waals surface area contributed by atoms with Gasteiger partial charge in [-0.3, -0.25) is 9.59 Å². The number of ether oxygens (including phenoxy) is 1. The number of rotatable bonds is 8. The molecule has 26 heavy (non-hydrogen) atoms. The Balaban J connectivity index is 1.99. The number of carbonyl (C=O) groups excluding carboxylic acids is 1. The number of carboxylic acids is 1. The highest BCUT2D eigenvalue weighted by molar-refractivity contribution is 7.81. The average molecular weight is 378 g/mol. The first-order valence-electron chi connectivity index (χ1n) is 8.80. The van der Waals surface area contributed by atoms with Gasteiger partial charge in [-0.05, 0) is 49.4 Å². The fourth-order valence-corrected chi connectivity index (χ4v) is 2.96. The van der Waals surface area contributed by atoms with Crippen molar-refractivity contribution in [3.8, 4) is 5.75 Å². The summed E-state index contributed by atoms with van der Waals surface area (Å²) in [4.78, 5) is 22.5. The molecule has 1 amide bonds. The Kier molecular flexibility index (Phi) is 7.08. The Morgan fingerprint density at radius 2 is 2.12 bits per heavy atom. The number of nitrogens with one attached hydrogen (secondary N) is 1. The molecule has 0 saturated heterocycles. The lowest BCUT2D eigenvalue weighted by molar-refractivity contribution is -0.137. The van der Waals surface area contributed by atoms with E-state index in [9.17, 15) is 9.59 Å². The minimum absolute atomic E-state index is 0.102. The molecule has 0 saturated carbocycles. The maximum atomic E-state index is 11.9. The van der Waals surface area contributed by atoms with E-state index in [1.165, 1.54) is 0 Å². The van der Waals surface area contributed by atoms with Gasteiger partial charge in [0, 0.05) is 23.2 Å². The molecule has 7 heteroatoms. The molecule has 0 spiro atoms. The molecule has 1 aromatic carbocycles. The Hall–Kier alpha value is -2.02. The molecule has 0 atom stereocenters. The SMILES string of the molecule is CC(C)(S)CC(=O)N/N=C1\CCCc2cc(OCCCC(=O)O)ccc21. The van der Waals surface area contributed by atoms with E-state index in [-0.39, 0.29) is 17.1 Å². The van der Waals surface area contributed by atoms with E-state index in [2.05, 4.69) is 23.2 Å². The number of aryl methyl sites for hydroxylation is 1. The van der Waals surface area contributed by atoms with Gasteiger partial charge in [0.05, 0.1) is 12.3 Å². The van der Waals surface area contributed by atoms with Gasteiger partial charge in [0.15, 0.2) is 0 Å². The van der Waals surface area contributed by atoms with Crippen molar-refractivity contribution >= 4 is 30.2 Å². The van der Waals surface area contributed by atoms with Crippen LogP contribution >= 0.6 is 12.6 Å². The van der Waals surface area contributed by atoms with Gasteiger partial charge in [0.1, 0.15) is 5.75 Å². The number of hydrazone groups is 1. The van der Waals surface area contributed by atoms with E-state index in [0.717, 1.165) is 41.9 Å². The van der Waals surface area contributed by atoms with Gasteiger partial charge in [-0.25, -0.2) is 5.43 Å². The highest BCUT2D eigenvalue weighted by atomic mass is 32.1. The smallest absolute Gasteiger partial charge is 0.303 e. The second-order valence-electron chi connectivity index (χ2n) is 7.10. The lowest BCUT2D eigenvalue weighted by atomic mass is 9.90. The molecule has 6 nitrogen and oxygen atoms in total. The first-order valence-corrected chi connectivity index (χ1v) is 9.25. The zero-order chi connectivity index (χ0) is 19.2. The van der Waals surface area contributed by atoms with Crippen molar-refractivity contribution in [2.45, 2.75) is 57.1 Å². The second-order valence-corrected chi connectivity index (χ2v) is 8.31. The summed E-state index contributed by atoms with van der Waals surface area (Å²) in [6, 6.07) is 5.79. The van der Waals surface area contributed by atoms with E-state index in [0.29, 0.717) is 19.4 Å². The summed E-state index contributed by atoms with van der Waals surface area (Å²) in [6.07, 6.45) is 3.58. The van der Waals surface area contributed by atoms with Gasteiger partial charge in [0.25, 0.3) is 0 Å². The summed E-state index contributed by atoms with van der Waals surface area (Å²) in [5.74, 6) is -0.234. The van der Waals surface area contributed by atoms with Crippen LogP contribution in [0.15, 0.2) is 23.3 Å². The molecular weight excluding hydrogens is 352 g/mol. The number of hydrogen-bond donors (Lipinski definition) is 3. The Morgan fingerprint density at radius 3 is 2.81 bits per heavy atom. The van der Waals surface area contributed by atoms with Gasteiger partial charge in [0.2, 0.25) is 5.91 Å². The van der Waals surface area contributed by atoms with E-state index >= 15 is 0 Å². The molecular formula is C19H26N2O4S. The van der Waals surface area contributed by atoms with Crippen molar-refractivity contribution in [1.82, 2.24) is 5.43 Å². The van der Waals surface area contributed by atoms with Crippen molar-refractivity contribution < 1.29 is 19.4 Å². The number of aliphatic carboxylic acids is 1. The van der Waals surface area contributed by atoms with Crippen LogP contribution in [-0.4, -0.2) is 34.0 Å². The lowest BCUT2D eigenvalue weighted by Gasteiger charge is -2.20. The predicted molar refractivity (Wildman–Crippen MR) is 104 cm³/mol. The van der Waals surface area contributed by atoms with Crippen molar-refractivity contribution in [1.29, 1.82) is 0 Å². The van der Waals surface area contributed by atoms with Gasteiger partial charge >= 0.3 is 5.97 Å². The first-order chi connectivity index (χ1) is 12.2. The van der Waals surface area contributed by atoms with Crippen LogP contribution in [0.1, 0.15) is 57.1 Å². The summed E-state index contributed by atoms with van der Waals surface area (Å²) in [7, 11) is 0. The minimum atomic E-state index is -0.816. The molecule has 0 bridgehead atoms. The summed E-state index contributed by atoms with van der Waals surface area (Å²) >= 11 is 4.36. The maximum absolute atomic E-state index is 11.9. The standard InChI is InChI=1S/C19H26N2O4S/c1-19(2,26)12-17(22)21-20-16-6-3-5-13-11-14(8-9-15(13)16)25-10-4-7-18(23)24/h8-9,11,26H,3-7,10,12H2,1-2H3,(H,21,22)(H,23,24)/b20-16+. The van der Waals surface area contributed by atoms with Crippen LogP contribution in [0, 0.1) is 0 Å². The molecule has 0 unspecified atom stereocenters. The number of fused-ring (bicyclic) bond motifs is 1. The van der Waals surface area contributed by atoms with E-state index in [4.69, 9.17) is 9.84 Å². The van der Waals surface area contributed by atoms with Crippen LogP contribution < -0.4 is 10.2 Å². The molecule has 2 rings (SSSR count). The highest BCUT2D eigenvalue weighted by Crippen LogP contribution is 2.26. The molecule has 0 radical (unpaired) electrons. The summed E-state index contributed by atoms with van der Waals surface area (Å²) in [5.41, 5.74) is 5.66. The van der Waals surface area contributed by atoms with Gasteiger partial charge in [-0.1, -0.05) is 13.8 Å². The molecule has 142 valence electrons. The number of thiol groups is 1. The quantitative estimate of drug-likeness (QED) is 0.368.